The van der Waals surface area contributed by atoms with E-state index in [0.717, 1.165) is 5.69 Å². The summed E-state index contributed by atoms with van der Waals surface area (Å²) in [7, 11) is 1.55. The molecule has 0 saturated carbocycles. The third-order valence-corrected chi connectivity index (χ3v) is 4.40. The second kappa shape index (κ2) is 8.98. The van der Waals surface area contributed by atoms with E-state index in [0.29, 0.717) is 11.4 Å². The van der Waals surface area contributed by atoms with Crippen LogP contribution in [0.1, 0.15) is 6.92 Å². The van der Waals surface area contributed by atoms with Gasteiger partial charge in [-0.25, -0.2) is 0 Å². The van der Waals surface area contributed by atoms with Crippen LogP contribution in [0.15, 0.2) is 54.6 Å². The van der Waals surface area contributed by atoms with Crippen LogP contribution in [-0.4, -0.2) is 29.9 Å². The molecule has 0 heterocycles. The highest BCUT2D eigenvalue weighted by molar-refractivity contribution is 8.01. The van der Waals surface area contributed by atoms with Crippen LogP contribution < -0.4 is 15.4 Å². The van der Waals surface area contributed by atoms with Crippen molar-refractivity contribution in [3.05, 3.63) is 54.6 Å². The molecular weight excluding hydrogens is 324 g/mol. The largest absolute Gasteiger partial charge is 0.495 e. The molecule has 0 saturated heterocycles. The number of hydrogen-bond donors (Lipinski definition) is 2. The number of amides is 2. The van der Waals surface area contributed by atoms with Crippen molar-refractivity contribution in [2.75, 3.05) is 23.5 Å². The maximum absolute atomic E-state index is 12.1. The van der Waals surface area contributed by atoms with Crippen LogP contribution in [0.2, 0.25) is 0 Å². The Kier molecular flexibility index (Phi) is 6.69. The number of methoxy groups -OCH3 is 1. The first-order valence-electron chi connectivity index (χ1n) is 7.50. The van der Waals surface area contributed by atoms with Crippen molar-refractivity contribution in [3.63, 3.8) is 0 Å². The van der Waals surface area contributed by atoms with E-state index in [1.54, 1.807) is 26.2 Å². The molecular formula is C18H20N2O3S. The molecule has 0 aliphatic carbocycles. The minimum absolute atomic E-state index is 0.128. The lowest BCUT2D eigenvalue weighted by molar-refractivity contribution is -0.115. The first-order chi connectivity index (χ1) is 11.6. The van der Waals surface area contributed by atoms with Crippen molar-refractivity contribution in [2.45, 2.75) is 12.2 Å². The zero-order valence-electron chi connectivity index (χ0n) is 13.6. The Morgan fingerprint density at radius 1 is 1.04 bits per heavy atom. The summed E-state index contributed by atoms with van der Waals surface area (Å²) in [5.74, 6) is 0.479. The number of anilines is 2. The van der Waals surface area contributed by atoms with Gasteiger partial charge in [-0.1, -0.05) is 30.3 Å². The van der Waals surface area contributed by atoms with Crippen LogP contribution in [0.3, 0.4) is 0 Å². The van der Waals surface area contributed by atoms with Crippen LogP contribution in [-0.2, 0) is 9.59 Å². The normalized spacial score (nSPS) is 11.4. The van der Waals surface area contributed by atoms with Crippen LogP contribution in [0.4, 0.5) is 11.4 Å². The van der Waals surface area contributed by atoms with Gasteiger partial charge >= 0.3 is 0 Å². The average Bonchev–Trinajstić information content (AvgIpc) is 2.61. The Morgan fingerprint density at radius 3 is 2.42 bits per heavy atom. The van der Waals surface area contributed by atoms with Gasteiger partial charge in [0, 0.05) is 5.69 Å². The summed E-state index contributed by atoms with van der Waals surface area (Å²) in [6, 6.07) is 16.4. The van der Waals surface area contributed by atoms with Crippen molar-refractivity contribution in [1.82, 2.24) is 0 Å². The van der Waals surface area contributed by atoms with Gasteiger partial charge < -0.3 is 15.4 Å². The van der Waals surface area contributed by atoms with Gasteiger partial charge in [0.1, 0.15) is 5.75 Å². The fourth-order valence-corrected chi connectivity index (χ4v) is 2.66. The second-order valence-electron chi connectivity index (χ2n) is 5.06. The number of ether oxygens (including phenoxy) is 1. The molecule has 0 aromatic heterocycles. The molecule has 126 valence electrons. The fourth-order valence-electron chi connectivity index (χ4n) is 1.98. The molecule has 0 spiro atoms. The lowest BCUT2D eigenvalue weighted by Crippen LogP contribution is -2.25. The number of nitrogens with one attached hydrogen (secondary N) is 2. The topological polar surface area (TPSA) is 67.4 Å². The first-order valence-corrected chi connectivity index (χ1v) is 8.55. The van der Waals surface area contributed by atoms with E-state index in [1.165, 1.54) is 11.8 Å². The lowest BCUT2D eigenvalue weighted by atomic mass is 10.3. The second-order valence-corrected chi connectivity index (χ2v) is 6.39. The third kappa shape index (κ3) is 5.31. The van der Waals surface area contributed by atoms with Gasteiger partial charge in [-0.15, -0.1) is 11.8 Å². The van der Waals surface area contributed by atoms with Gasteiger partial charge in [-0.05, 0) is 31.2 Å². The summed E-state index contributed by atoms with van der Waals surface area (Å²) in [6.45, 7) is 1.78. The van der Waals surface area contributed by atoms with E-state index in [1.807, 2.05) is 42.5 Å². The standard InChI is InChI=1S/C18H20N2O3S/c1-13(18(22)19-14-8-4-3-5-9-14)24-12-17(21)20-15-10-6-7-11-16(15)23-2/h3-11,13H,12H2,1-2H3,(H,19,22)(H,20,21). The van der Waals surface area contributed by atoms with E-state index < -0.39 is 0 Å². The number of carbonyl (C=O) groups is 2. The average molecular weight is 344 g/mol. The zero-order valence-corrected chi connectivity index (χ0v) is 14.4. The summed E-state index contributed by atoms with van der Waals surface area (Å²) in [4.78, 5) is 24.1. The zero-order chi connectivity index (χ0) is 17.4. The molecule has 0 aliphatic heterocycles. The number of rotatable bonds is 7. The van der Waals surface area contributed by atoms with Gasteiger partial charge in [0.2, 0.25) is 11.8 Å². The first kappa shape index (κ1) is 17.9. The van der Waals surface area contributed by atoms with Crippen LogP contribution in [0, 0.1) is 0 Å². The van der Waals surface area contributed by atoms with Crippen molar-refractivity contribution >= 4 is 35.0 Å². The number of para-hydroxylation sites is 3. The molecule has 24 heavy (non-hydrogen) atoms. The van der Waals surface area contributed by atoms with Crippen molar-refractivity contribution < 1.29 is 14.3 Å². The Bertz CT molecular complexity index is 692. The van der Waals surface area contributed by atoms with Crippen molar-refractivity contribution in [3.8, 4) is 5.75 Å². The van der Waals surface area contributed by atoms with Crippen LogP contribution in [0.25, 0.3) is 0 Å². The Balaban J connectivity index is 1.81. The van der Waals surface area contributed by atoms with E-state index in [4.69, 9.17) is 4.74 Å². The van der Waals surface area contributed by atoms with Gasteiger partial charge in [-0.3, -0.25) is 9.59 Å². The highest BCUT2D eigenvalue weighted by atomic mass is 32.2. The molecule has 2 rings (SSSR count). The lowest BCUT2D eigenvalue weighted by Gasteiger charge is -2.13. The number of carbonyl (C=O) groups excluding carboxylic acids is 2. The highest BCUT2D eigenvalue weighted by Crippen LogP contribution is 2.23. The van der Waals surface area contributed by atoms with Crippen molar-refractivity contribution in [1.29, 1.82) is 0 Å². The molecule has 2 N–H and O–H groups in total. The molecule has 0 bridgehead atoms. The molecule has 6 heteroatoms. The van der Waals surface area contributed by atoms with E-state index in [2.05, 4.69) is 10.6 Å². The molecule has 5 nitrogen and oxygen atoms in total. The maximum Gasteiger partial charge on any atom is 0.237 e. The number of hydrogen-bond acceptors (Lipinski definition) is 4. The van der Waals surface area contributed by atoms with Gasteiger partial charge in [-0.2, -0.15) is 0 Å². The molecule has 2 aromatic rings. The summed E-state index contributed by atoms with van der Waals surface area (Å²) in [5.41, 5.74) is 1.36. The maximum atomic E-state index is 12.1. The van der Waals surface area contributed by atoms with Gasteiger partial charge in [0.25, 0.3) is 0 Å². The predicted molar refractivity (Wildman–Crippen MR) is 98.6 cm³/mol. The molecule has 0 radical (unpaired) electrons. The van der Waals surface area contributed by atoms with E-state index in [9.17, 15) is 9.59 Å². The SMILES string of the molecule is COc1ccccc1NC(=O)CSC(C)C(=O)Nc1ccccc1. The minimum Gasteiger partial charge on any atom is -0.495 e. The van der Waals surface area contributed by atoms with Crippen LogP contribution >= 0.6 is 11.8 Å². The molecule has 2 amide bonds. The predicted octanol–water partition coefficient (Wildman–Crippen LogP) is 3.39. The smallest absolute Gasteiger partial charge is 0.237 e. The molecule has 2 aromatic carbocycles. The Labute approximate surface area is 145 Å². The molecule has 1 unspecified atom stereocenters. The highest BCUT2D eigenvalue weighted by Gasteiger charge is 2.16. The van der Waals surface area contributed by atoms with Crippen molar-refractivity contribution in [2.24, 2.45) is 0 Å². The number of benzene rings is 2. The molecule has 0 aliphatic rings. The van der Waals surface area contributed by atoms with Crippen LogP contribution in [0.5, 0.6) is 5.75 Å². The summed E-state index contributed by atoms with van der Waals surface area (Å²) >= 11 is 1.28. The van der Waals surface area contributed by atoms with E-state index in [-0.39, 0.29) is 22.8 Å². The molecule has 1 atom stereocenters. The summed E-state index contributed by atoms with van der Waals surface area (Å²) in [5, 5.41) is 5.27. The quantitative estimate of drug-likeness (QED) is 0.808. The molecule has 0 fully saturated rings. The fraction of sp³-hybridized carbons (Fsp3) is 0.222. The van der Waals surface area contributed by atoms with E-state index >= 15 is 0 Å². The third-order valence-electron chi connectivity index (χ3n) is 3.26. The Hall–Kier alpha value is -2.47. The monoisotopic (exact) mass is 344 g/mol. The van der Waals surface area contributed by atoms with Gasteiger partial charge in [0.15, 0.2) is 0 Å². The Morgan fingerprint density at radius 2 is 1.71 bits per heavy atom. The minimum atomic E-state index is -0.339. The summed E-state index contributed by atoms with van der Waals surface area (Å²) in [6.07, 6.45) is 0. The summed E-state index contributed by atoms with van der Waals surface area (Å²) < 4.78 is 5.19. The van der Waals surface area contributed by atoms with Gasteiger partial charge in [0.05, 0.1) is 23.8 Å². The number of thioether (sulfide) groups is 1.